The van der Waals surface area contributed by atoms with Gasteiger partial charge in [0.1, 0.15) is 0 Å². The molecule has 0 radical (unpaired) electrons. The molecule has 1 aliphatic carbocycles. The summed E-state index contributed by atoms with van der Waals surface area (Å²) in [6.45, 7) is 1.91. The molecule has 3 nitrogen and oxygen atoms in total. The quantitative estimate of drug-likeness (QED) is 0.818. The number of hydrogen-bond acceptors (Lipinski definition) is 2. The minimum absolute atomic E-state index is 0.125. The van der Waals surface area contributed by atoms with Crippen LogP contribution in [-0.2, 0) is 4.79 Å². The molecule has 0 aromatic heterocycles. The summed E-state index contributed by atoms with van der Waals surface area (Å²) in [5.74, 6) is -0.715. The SMILES string of the molecule is O=C(O)C1CCCN(C2CCCCCCCCCCC2)C1. The van der Waals surface area contributed by atoms with Crippen molar-refractivity contribution in [1.29, 1.82) is 0 Å². The maximum absolute atomic E-state index is 11.3. The van der Waals surface area contributed by atoms with E-state index in [0.717, 1.165) is 25.9 Å². The molecule has 1 saturated carbocycles. The fraction of sp³-hybridized carbons (Fsp3) is 0.944. The Kier molecular flexibility index (Phi) is 7.56. The van der Waals surface area contributed by atoms with Gasteiger partial charge in [-0.3, -0.25) is 9.69 Å². The van der Waals surface area contributed by atoms with E-state index in [4.69, 9.17) is 0 Å². The molecule has 2 rings (SSSR count). The summed E-state index contributed by atoms with van der Waals surface area (Å²) in [6, 6.07) is 0.645. The van der Waals surface area contributed by atoms with Crippen LogP contribution >= 0.6 is 0 Å². The van der Waals surface area contributed by atoms with Gasteiger partial charge in [-0.25, -0.2) is 0 Å². The van der Waals surface area contributed by atoms with Crippen LogP contribution in [0.25, 0.3) is 0 Å². The van der Waals surface area contributed by atoms with Gasteiger partial charge < -0.3 is 5.11 Å². The number of carbonyl (C=O) groups is 1. The summed E-state index contributed by atoms with van der Waals surface area (Å²) in [4.78, 5) is 13.8. The van der Waals surface area contributed by atoms with Crippen LogP contribution in [0.5, 0.6) is 0 Å². The smallest absolute Gasteiger partial charge is 0.307 e. The molecule has 122 valence electrons. The van der Waals surface area contributed by atoms with Gasteiger partial charge in [0.2, 0.25) is 0 Å². The van der Waals surface area contributed by atoms with Crippen molar-refractivity contribution in [3.05, 3.63) is 0 Å². The maximum atomic E-state index is 11.3. The number of carboxylic acids is 1. The van der Waals surface area contributed by atoms with E-state index in [1.165, 1.54) is 70.6 Å². The topological polar surface area (TPSA) is 40.5 Å². The second-order valence-electron chi connectivity index (χ2n) is 7.09. The molecule has 1 saturated heterocycles. The molecule has 1 unspecified atom stereocenters. The normalized spacial score (nSPS) is 28.5. The van der Waals surface area contributed by atoms with E-state index >= 15 is 0 Å². The largest absolute Gasteiger partial charge is 0.481 e. The van der Waals surface area contributed by atoms with Crippen molar-refractivity contribution in [1.82, 2.24) is 4.90 Å². The van der Waals surface area contributed by atoms with Crippen LogP contribution in [0.1, 0.15) is 83.5 Å². The number of aliphatic carboxylic acids is 1. The lowest BCUT2D eigenvalue weighted by Gasteiger charge is -2.37. The maximum Gasteiger partial charge on any atom is 0.307 e. The van der Waals surface area contributed by atoms with Gasteiger partial charge in [0.25, 0.3) is 0 Å². The van der Waals surface area contributed by atoms with Crippen LogP contribution in [0.15, 0.2) is 0 Å². The second kappa shape index (κ2) is 9.45. The van der Waals surface area contributed by atoms with E-state index in [1.807, 2.05) is 0 Å². The van der Waals surface area contributed by atoms with Gasteiger partial charge in [0, 0.05) is 12.6 Å². The zero-order valence-electron chi connectivity index (χ0n) is 13.6. The first-order chi connectivity index (χ1) is 10.3. The van der Waals surface area contributed by atoms with E-state index in [2.05, 4.69) is 4.90 Å². The summed E-state index contributed by atoms with van der Waals surface area (Å²) in [5, 5.41) is 9.28. The minimum Gasteiger partial charge on any atom is -0.481 e. The number of carboxylic acid groups (broad SMARTS) is 1. The summed E-state index contributed by atoms with van der Waals surface area (Å²) in [6.07, 6.45) is 16.9. The average Bonchev–Trinajstić information content (AvgIpc) is 2.48. The van der Waals surface area contributed by atoms with Crippen LogP contribution < -0.4 is 0 Å². The molecular formula is C18H33NO2. The first-order valence-electron chi connectivity index (χ1n) is 9.24. The van der Waals surface area contributed by atoms with Crippen molar-refractivity contribution in [2.24, 2.45) is 5.92 Å². The fourth-order valence-corrected chi connectivity index (χ4v) is 4.05. The zero-order valence-corrected chi connectivity index (χ0v) is 13.6. The van der Waals surface area contributed by atoms with Crippen molar-refractivity contribution in [2.45, 2.75) is 89.5 Å². The third kappa shape index (κ3) is 5.98. The molecule has 0 amide bonds. The van der Waals surface area contributed by atoms with Gasteiger partial charge >= 0.3 is 5.97 Å². The van der Waals surface area contributed by atoms with E-state index in [0.29, 0.717) is 6.04 Å². The molecule has 0 aromatic carbocycles. The van der Waals surface area contributed by atoms with E-state index in [9.17, 15) is 9.90 Å². The highest BCUT2D eigenvalue weighted by atomic mass is 16.4. The van der Waals surface area contributed by atoms with Crippen molar-refractivity contribution in [2.75, 3.05) is 13.1 Å². The van der Waals surface area contributed by atoms with Gasteiger partial charge in [-0.2, -0.15) is 0 Å². The molecule has 1 aliphatic heterocycles. The molecule has 2 aliphatic rings. The van der Waals surface area contributed by atoms with Gasteiger partial charge in [-0.1, -0.05) is 57.8 Å². The fourth-order valence-electron chi connectivity index (χ4n) is 4.05. The van der Waals surface area contributed by atoms with Crippen LogP contribution in [0.2, 0.25) is 0 Å². The highest BCUT2D eigenvalue weighted by Gasteiger charge is 2.29. The first kappa shape index (κ1) is 16.8. The van der Waals surface area contributed by atoms with Gasteiger partial charge in [0.05, 0.1) is 5.92 Å². The zero-order chi connectivity index (χ0) is 14.9. The van der Waals surface area contributed by atoms with Crippen molar-refractivity contribution in [3.63, 3.8) is 0 Å². The Balaban J connectivity index is 1.85. The Hall–Kier alpha value is -0.570. The molecule has 3 heteroatoms. The van der Waals surface area contributed by atoms with Crippen molar-refractivity contribution < 1.29 is 9.90 Å². The molecule has 1 heterocycles. The van der Waals surface area contributed by atoms with E-state index < -0.39 is 5.97 Å². The monoisotopic (exact) mass is 295 g/mol. The lowest BCUT2D eigenvalue weighted by Crippen LogP contribution is -2.44. The lowest BCUT2D eigenvalue weighted by molar-refractivity contribution is -0.144. The molecular weight excluding hydrogens is 262 g/mol. The van der Waals surface area contributed by atoms with Crippen LogP contribution in [0.3, 0.4) is 0 Å². The molecule has 2 fully saturated rings. The molecule has 0 bridgehead atoms. The predicted molar refractivity (Wildman–Crippen MR) is 86.5 cm³/mol. The molecule has 1 atom stereocenters. The number of nitrogens with zero attached hydrogens (tertiary/aromatic N) is 1. The number of hydrogen-bond donors (Lipinski definition) is 1. The number of piperidine rings is 1. The third-order valence-electron chi connectivity index (χ3n) is 5.39. The van der Waals surface area contributed by atoms with Crippen molar-refractivity contribution in [3.8, 4) is 0 Å². The third-order valence-corrected chi connectivity index (χ3v) is 5.39. The summed E-state index contributed by atoms with van der Waals surface area (Å²) < 4.78 is 0. The lowest BCUT2D eigenvalue weighted by atomic mass is 9.92. The highest BCUT2D eigenvalue weighted by molar-refractivity contribution is 5.70. The Morgan fingerprint density at radius 2 is 1.29 bits per heavy atom. The van der Waals surface area contributed by atoms with Crippen LogP contribution in [0, 0.1) is 5.92 Å². The Labute approximate surface area is 130 Å². The second-order valence-corrected chi connectivity index (χ2v) is 7.09. The van der Waals surface area contributed by atoms with E-state index in [-0.39, 0.29) is 5.92 Å². The average molecular weight is 295 g/mol. The summed E-state index contributed by atoms with van der Waals surface area (Å²) in [5.41, 5.74) is 0. The Bertz CT molecular complexity index is 294. The van der Waals surface area contributed by atoms with Crippen LogP contribution in [0.4, 0.5) is 0 Å². The summed E-state index contributed by atoms with van der Waals surface area (Å²) >= 11 is 0. The van der Waals surface area contributed by atoms with Crippen LogP contribution in [-0.4, -0.2) is 35.1 Å². The predicted octanol–water partition coefficient (Wildman–Crippen LogP) is 4.46. The van der Waals surface area contributed by atoms with Gasteiger partial charge in [-0.05, 0) is 32.2 Å². The Morgan fingerprint density at radius 3 is 1.81 bits per heavy atom. The highest BCUT2D eigenvalue weighted by Crippen LogP contribution is 2.25. The number of rotatable bonds is 2. The van der Waals surface area contributed by atoms with Crippen molar-refractivity contribution >= 4 is 5.97 Å². The number of likely N-dealkylation sites (tertiary alicyclic amines) is 1. The molecule has 1 N–H and O–H groups in total. The summed E-state index contributed by atoms with van der Waals surface area (Å²) in [7, 11) is 0. The van der Waals surface area contributed by atoms with E-state index in [1.54, 1.807) is 0 Å². The molecule has 0 aromatic rings. The molecule has 0 spiro atoms. The standard InChI is InChI=1S/C18H33NO2/c20-18(21)16-11-10-14-19(15-16)17-12-8-6-4-2-1-3-5-7-9-13-17/h16-17H,1-15H2,(H,20,21). The molecule has 21 heavy (non-hydrogen) atoms. The Morgan fingerprint density at radius 1 is 0.762 bits per heavy atom. The van der Waals surface area contributed by atoms with Gasteiger partial charge in [0.15, 0.2) is 0 Å². The van der Waals surface area contributed by atoms with Gasteiger partial charge in [-0.15, -0.1) is 0 Å². The first-order valence-corrected chi connectivity index (χ1v) is 9.24. The minimum atomic E-state index is -0.590.